The van der Waals surface area contributed by atoms with Crippen molar-refractivity contribution in [3.8, 4) is 0 Å². The van der Waals surface area contributed by atoms with E-state index in [1.165, 1.54) is 11.8 Å². The minimum atomic E-state index is -0.968. The zero-order chi connectivity index (χ0) is 33.9. The maximum absolute atomic E-state index is 12.9. The first-order valence-corrected chi connectivity index (χ1v) is 15.2. The molecule has 0 spiro atoms. The maximum atomic E-state index is 12.9. The first kappa shape index (κ1) is 37.2. The van der Waals surface area contributed by atoms with E-state index in [1.54, 1.807) is 58.9 Å². The Kier molecular flexibility index (Phi) is 14.0. The summed E-state index contributed by atoms with van der Waals surface area (Å²) in [6, 6.07) is 4.90. The quantitative estimate of drug-likeness (QED) is 0.149. The summed E-state index contributed by atoms with van der Waals surface area (Å²) in [4.78, 5) is 75.5. The molecule has 1 aliphatic heterocycles. The molecule has 0 aromatic heterocycles. The van der Waals surface area contributed by atoms with Crippen molar-refractivity contribution in [2.45, 2.75) is 80.5 Å². The summed E-state index contributed by atoms with van der Waals surface area (Å²) in [7, 11) is 0. The van der Waals surface area contributed by atoms with Gasteiger partial charge in [0, 0.05) is 18.0 Å². The van der Waals surface area contributed by atoms with Crippen LogP contribution in [0.15, 0.2) is 24.3 Å². The minimum absolute atomic E-state index is 0.0377. The Balaban J connectivity index is 1.73. The van der Waals surface area contributed by atoms with Crippen LogP contribution in [0.2, 0.25) is 0 Å². The smallest absolute Gasteiger partial charge is 0.407 e. The summed E-state index contributed by atoms with van der Waals surface area (Å²) in [6.07, 6.45) is -0.622. The first-order chi connectivity index (χ1) is 21.0. The van der Waals surface area contributed by atoms with E-state index in [2.05, 4.69) is 16.0 Å². The van der Waals surface area contributed by atoms with Crippen molar-refractivity contribution in [2.24, 2.45) is 23.2 Å². The standard InChI is InChI=1S/C32H48N4O9/c1-19(2)24-17-25(37)36(29(24)40)13-14-43-15-16-44-31(42)35-26(20(3)4)28(39)33-21(5)27(38)34-23-11-9-22(10-12-23)18-45-30(41)32(6,7)8/h9-12,19-21,24,26H,13-18H2,1-8H3,(H,33,39)(H,34,38)(H,35,42)/t21-,24?,26-/m0/s1. The number of carbonyl (C=O) groups is 6. The van der Waals surface area contributed by atoms with Gasteiger partial charge in [0.1, 0.15) is 25.3 Å². The normalized spacial score (nSPS) is 16.4. The fourth-order valence-corrected chi connectivity index (χ4v) is 4.29. The third-order valence-electron chi connectivity index (χ3n) is 7.18. The van der Waals surface area contributed by atoms with E-state index in [0.29, 0.717) is 5.69 Å². The second-order valence-corrected chi connectivity index (χ2v) is 12.8. The van der Waals surface area contributed by atoms with Gasteiger partial charge in [0.2, 0.25) is 23.6 Å². The molecule has 0 saturated carbocycles. The van der Waals surface area contributed by atoms with Gasteiger partial charge in [-0.05, 0) is 57.2 Å². The summed E-state index contributed by atoms with van der Waals surface area (Å²) in [5.74, 6) is -2.27. The van der Waals surface area contributed by atoms with Gasteiger partial charge in [-0.3, -0.25) is 28.9 Å². The van der Waals surface area contributed by atoms with Gasteiger partial charge in [-0.1, -0.05) is 39.8 Å². The molecule has 1 saturated heterocycles. The topological polar surface area (TPSA) is 169 Å². The number of rotatable bonds is 15. The summed E-state index contributed by atoms with van der Waals surface area (Å²) in [5.41, 5.74) is 0.647. The third-order valence-corrected chi connectivity index (χ3v) is 7.18. The molecule has 0 bridgehead atoms. The molecular formula is C32H48N4O9. The predicted octanol–water partition coefficient (Wildman–Crippen LogP) is 3.02. The maximum Gasteiger partial charge on any atom is 0.407 e. The van der Waals surface area contributed by atoms with Crippen LogP contribution in [-0.4, -0.2) is 79.0 Å². The zero-order valence-corrected chi connectivity index (χ0v) is 27.6. The lowest BCUT2D eigenvalue weighted by Crippen LogP contribution is -2.53. The third kappa shape index (κ3) is 11.8. The zero-order valence-electron chi connectivity index (χ0n) is 27.6. The number of benzene rings is 1. The van der Waals surface area contributed by atoms with Gasteiger partial charge in [-0.15, -0.1) is 0 Å². The molecule has 1 aromatic carbocycles. The molecule has 2 rings (SSSR count). The predicted molar refractivity (Wildman–Crippen MR) is 166 cm³/mol. The number of anilines is 1. The van der Waals surface area contributed by atoms with Crippen LogP contribution in [0.3, 0.4) is 0 Å². The van der Waals surface area contributed by atoms with Crippen LogP contribution in [-0.2, 0) is 44.8 Å². The van der Waals surface area contributed by atoms with Crippen LogP contribution in [0, 0.1) is 23.2 Å². The van der Waals surface area contributed by atoms with Crippen molar-refractivity contribution >= 4 is 41.4 Å². The van der Waals surface area contributed by atoms with Crippen LogP contribution >= 0.6 is 0 Å². The molecule has 3 N–H and O–H groups in total. The highest BCUT2D eigenvalue weighted by molar-refractivity contribution is 6.03. The second-order valence-electron chi connectivity index (χ2n) is 12.8. The molecule has 1 aliphatic rings. The molecule has 13 heteroatoms. The van der Waals surface area contributed by atoms with Crippen LogP contribution in [0.4, 0.5) is 10.5 Å². The van der Waals surface area contributed by atoms with Gasteiger partial charge in [-0.25, -0.2) is 4.79 Å². The largest absolute Gasteiger partial charge is 0.460 e. The number of esters is 1. The number of imide groups is 1. The Morgan fingerprint density at radius 3 is 2.09 bits per heavy atom. The molecule has 1 fully saturated rings. The molecule has 1 aromatic rings. The number of alkyl carbamates (subject to hydrolysis) is 1. The number of hydrogen-bond donors (Lipinski definition) is 3. The summed E-state index contributed by atoms with van der Waals surface area (Å²) < 4.78 is 15.8. The fourth-order valence-electron chi connectivity index (χ4n) is 4.29. The summed E-state index contributed by atoms with van der Waals surface area (Å²) in [6.45, 7) is 14.4. The molecule has 1 heterocycles. The molecule has 3 atom stereocenters. The van der Waals surface area contributed by atoms with Crippen LogP contribution in [0.5, 0.6) is 0 Å². The average Bonchev–Trinajstić information content (AvgIpc) is 3.25. The van der Waals surface area contributed by atoms with E-state index in [9.17, 15) is 28.8 Å². The monoisotopic (exact) mass is 632 g/mol. The molecule has 1 unspecified atom stereocenters. The Morgan fingerprint density at radius 2 is 1.53 bits per heavy atom. The second kappa shape index (κ2) is 16.9. The van der Waals surface area contributed by atoms with Crippen molar-refractivity contribution in [1.29, 1.82) is 0 Å². The molecule has 5 amide bonds. The Hall–Kier alpha value is -4.00. The number of likely N-dealkylation sites (tertiary alicyclic amines) is 1. The van der Waals surface area contributed by atoms with Gasteiger partial charge in [0.05, 0.1) is 25.2 Å². The van der Waals surface area contributed by atoms with Crippen molar-refractivity contribution in [3.63, 3.8) is 0 Å². The molecule has 13 nitrogen and oxygen atoms in total. The average molecular weight is 633 g/mol. The summed E-state index contributed by atoms with van der Waals surface area (Å²) in [5, 5.41) is 7.84. The van der Waals surface area contributed by atoms with Crippen molar-refractivity contribution in [3.05, 3.63) is 29.8 Å². The first-order valence-electron chi connectivity index (χ1n) is 15.2. The lowest BCUT2D eigenvalue weighted by molar-refractivity contribution is -0.154. The molecule has 45 heavy (non-hydrogen) atoms. The molecule has 0 aliphatic carbocycles. The van der Waals surface area contributed by atoms with Gasteiger partial charge in [-0.2, -0.15) is 0 Å². The number of amides is 5. The minimum Gasteiger partial charge on any atom is -0.460 e. The highest BCUT2D eigenvalue weighted by atomic mass is 16.6. The molecule has 0 radical (unpaired) electrons. The Labute approximate surface area is 265 Å². The van der Waals surface area contributed by atoms with Gasteiger partial charge >= 0.3 is 12.1 Å². The van der Waals surface area contributed by atoms with E-state index in [1.807, 2.05) is 13.8 Å². The van der Waals surface area contributed by atoms with E-state index in [-0.39, 0.29) is 74.9 Å². The van der Waals surface area contributed by atoms with Gasteiger partial charge < -0.3 is 30.2 Å². The Morgan fingerprint density at radius 1 is 0.889 bits per heavy atom. The van der Waals surface area contributed by atoms with Crippen LogP contribution < -0.4 is 16.0 Å². The van der Waals surface area contributed by atoms with Crippen molar-refractivity contribution in [1.82, 2.24) is 15.5 Å². The van der Waals surface area contributed by atoms with Gasteiger partial charge in [0.15, 0.2) is 0 Å². The lowest BCUT2D eigenvalue weighted by atomic mass is 9.94. The molecule has 250 valence electrons. The van der Waals surface area contributed by atoms with Crippen molar-refractivity contribution < 1.29 is 43.0 Å². The van der Waals surface area contributed by atoms with E-state index < -0.39 is 35.4 Å². The number of nitrogens with one attached hydrogen (secondary N) is 3. The van der Waals surface area contributed by atoms with Crippen LogP contribution in [0.1, 0.15) is 67.4 Å². The lowest BCUT2D eigenvalue weighted by Gasteiger charge is -2.23. The van der Waals surface area contributed by atoms with Crippen LogP contribution in [0.25, 0.3) is 0 Å². The Bertz CT molecular complexity index is 1210. The number of carbonyl (C=O) groups excluding carboxylic acids is 6. The molecular weight excluding hydrogens is 584 g/mol. The number of nitrogens with zero attached hydrogens (tertiary/aromatic N) is 1. The highest BCUT2D eigenvalue weighted by Gasteiger charge is 2.39. The van der Waals surface area contributed by atoms with E-state index in [0.717, 1.165) is 5.56 Å². The van der Waals surface area contributed by atoms with E-state index in [4.69, 9.17) is 14.2 Å². The van der Waals surface area contributed by atoms with E-state index >= 15 is 0 Å². The highest BCUT2D eigenvalue weighted by Crippen LogP contribution is 2.26. The summed E-state index contributed by atoms with van der Waals surface area (Å²) >= 11 is 0. The number of hydrogen-bond acceptors (Lipinski definition) is 9. The number of ether oxygens (including phenoxy) is 3. The van der Waals surface area contributed by atoms with Crippen molar-refractivity contribution in [2.75, 3.05) is 31.7 Å². The fraction of sp³-hybridized carbons (Fsp3) is 0.625. The van der Waals surface area contributed by atoms with Gasteiger partial charge in [0.25, 0.3) is 0 Å². The SMILES string of the molecule is CC(C)C1CC(=O)N(CCOCCOC(=O)N[C@H](C(=O)N[C@@H](C)C(=O)Nc2ccc(COC(=O)C(C)(C)C)cc2)C(C)C)C1=O.